The van der Waals surface area contributed by atoms with Crippen molar-refractivity contribution in [1.29, 1.82) is 0 Å². The van der Waals surface area contributed by atoms with Gasteiger partial charge < -0.3 is 14.8 Å². The number of carbonyl (C=O) groups is 2. The topological polar surface area (TPSA) is 71.1 Å². The average Bonchev–Trinajstić information content (AvgIpc) is 2.67. The summed E-state index contributed by atoms with van der Waals surface area (Å²) in [6, 6.07) is 5.85. The van der Waals surface area contributed by atoms with Gasteiger partial charge in [-0.1, -0.05) is 26.8 Å². The standard InChI is InChI=1S/C21H31N3O4/c1-21(2,3)16-5-6-18-17(13-16)24(20(26)15-28-18)14-19(25)22-7-4-8-23-9-11-27-12-10-23/h5-6,13H,4,7-12,14-15H2,1-3H3,(H,22,25). The molecule has 0 radical (unpaired) electrons. The van der Waals surface area contributed by atoms with E-state index in [0.717, 1.165) is 44.8 Å². The van der Waals surface area contributed by atoms with Crippen LogP contribution < -0.4 is 15.0 Å². The number of fused-ring (bicyclic) bond motifs is 1. The quantitative estimate of drug-likeness (QED) is 0.748. The first-order chi connectivity index (χ1) is 13.3. The molecule has 0 aromatic heterocycles. The van der Waals surface area contributed by atoms with Gasteiger partial charge >= 0.3 is 0 Å². The Kier molecular flexibility index (Phi) is 6.57. The summed E-state index contributed by atoms with van der Waals surface area (Å²) in [4.78, 5) is 28.7. The van der Waals surface area contributed by atoms with Crippen molar-refractivity contribution < 1.29 is 19.1 Å². The molecule has 0 unspecified atom stereocenters. The lowest BCUT2D eigenvalue weighted by Crippen LogP contribution is -2.45. The lowest BCUT2D eigenvalue weighted by molar-refractivity contribution is -0.125. The molecule has 0 spiro atoms. The highest BCUT2D eigenvalue weighted by molar-refractivity contribution is 6.02. The van der Waals surface area contributed by atoms with E-state index < -0.39 is 0 Å². The highest BCUT2D eigenvalue weighted by atomic mass is 16.5. The predicted octanol–water partition coefficient (Wildman–Crippen LogP) is 1.55. The van der Waals surface area contributed by atoms with E-state index in [-0.39, 0.29) is 30.4 Å². The first-order valence-electron chi connectivity index (χ1n) is 9.99. The smallest absolute Gasteiger partial charge is 0.265 e. The Balaban J connectivity index is 1.56. The van der Waals surface area contributed by atoms with Gasteiger partial charge in [0, 0.05) is 19.6 Å². The summed E-state index contributed by atoms with van der Waals surface area (Å²) in [6.07, 6.45) is 0.882. The molecule has 1 saturated heterocycles. The van der Waals surface area contributed by atoms with Crippen molar-refractivity contribution in [2.24, 2.45) is 0 Å². The first-order valence-corrected chi connectivity index (χ1v) is 9.99. The van der Waals surface area contributed by atoms with Crippen molar-refractivity contribution >= 4 is 17.5 Å². The Bertz CT molecular complexity index is 708. The summed E-state index contributed by atoms with van der Waals surface area (Å²) >= 11 is 0. The van der Waals surface area contributed by atoms with Crippen molar-refractivity contribution in [1.82, 2.24) is 10.2 Å². The van der Waals surface area contributed by atoms with E-state index in [1.54, 1.807) is 0 Å². The Morgan fingerprint density at radius 2 is 1.96 bits per heavy atom. The summed E-state index contributed by atoms with van der Waals surface area (Å²) in [6.45, 7) is 11.3. The van der Waals surface area contributed by atoms with E-state index in [4.69, 9.17) is 9.47 Å². The van der Waals surface area contributed by atoms with Crippen LogP contribution in [0.1, 0.15) is 32.8 Å². The van der Waals surface area contributed by atoms with Crippen molar-refractivity contribution in [2.45, 2.75) is 32.6 Å². The molecule has 1 N–H and O–H groups in total. The maximum Gasteiger partial charge on any atom is 0.265 e. The fourth-order valence-corrected chi connectivity index (χ4v) is 3.40. The highest BCUT2D eigenvalue weighted by Crippen LogP contribution is 2.36. The molecule has 0 bridgehead atoms. The van der Waals surface area contributed by atoms with Crippen molar-refractivity contribution in [3.8, 4) is 5.75 Å². The van der Waals surface area contributed by atoms with Crippen molar-refractivity contribution in [3.63, 3.8) is 0 Å². The third kappa shape index (κ3) is 5.23. The summed E-state index contributed by atoms with van der Waals surface area (Å²) in [7, 11) is 0. The molecule has 2 amide bonds. The minimum atomic E-state index is -0.193. The zero-order valence-corrected chi connectivity index (χ0v) is 17.1. The SMILES string of the molecule is CC(C)(C)c1ccc2c(c1)N(CC(=O)NCCCN1CCOCC1)C(=O)CO2. The van der Waals surface area contributed by atoms with Gasteiger partial charge in [0.2, 0.25) is 5.91 Å². The molecule has 1 fully saturated rings. The van der Waals surface area contributed by atoms with Crippen LogP contribution >= 0.6 is 0 Å². The normalized spacial score (nSPS) is 17.8. The molecule has 0 saturated carbocycles. The summed E-state index contributed by atoms with van der Waals surface area (Å²) in [5.41, 5.74) is 1.72. The molecule has 154 valence electrons. The number of anilines is 1. The van der Waals surface area contributed by atoms with Gasteiger partial charge in [-0.2, -0.15) is 0 Å². The molecule has 28 heavy (non-hydrogen) atoms. The molecule has 2 heterocycles. The number of hydrogen-bond donors (Lipinski definition) is 1. The molecule has 2 aliphatic rings. The number of morpholine rings is 1. The molecular formula is C21H31N3O4. The third-order valence-corrected chi connectivity index (χ3v) is 5.15. The lowest BCUT2D eigenvalue weighted by Gasteiger charge is -2.31. The number of nitrogens with zero attached hydrogens (tertiary/aromatic N) is 2. The van der Waals surface area contributed by atoms with Gasteiger partial charge in [0.05, 0.1) is 18.9 Å². The number of amides is 2. The van der Waals surface area contributed by atoms with Gasteiger partial charge in [0.25, 0.3) is 5.91 Å². The number of ether oxygens (including phenoxy) is 2. The van der Waals surface area contributed by atoms with Gasteiger partial charge in [0.1, 0.15) is 12.3 Å². The van der Waals surface area contributed by atoms with Crippen LogP contribution in [-0.2, 0) is 19.7 Å². The van der Waals surface area contributed by atoms with Gasteiger partial charge in [-0.25, -0.2) is 0 Å². The minimum Gasteiger partial charge on any atom is -0.482 e. The van der Waals surface area contributed by atoms with Gasteiger partial charge in [-0.3, -0.25) is 19.4 Å². The van der Waals surface area contributed by atoms with Crippen LogP contribution in [0, 0.1) is 0 Å². The van der Waals surface area contributed by atoms with Gasteiger partial charge in [0.15, 0.2) is 6.61 Å². The van der Waals surface area contributed by atoms with E-state index in [9.17, 15) is 9.59 Å². The van der Waals surface area contributed by atoms with Crippen LogP contribution in [-0.4, -0.2) is 69.3 Å². The maximum absolute atomic E-state index is 12.4. The average molecular weight is 389 g/mol. The number of hydrogen-bond acceptors (Lipinski definition) is 5. The number of nitrogens with one attached hydrogen (secondary N) is 1. The second-order valence-corrected chi connectivity index (χ2v) is 8.36. The van der Waals surface area contributed by atoms with Crippen LogP contribution in [0.15, 0.2) is 18.2 Å². The lowest BCUT2D eigenvalue weighted by atomic mass is 9.86. The third-order valence-electron chi connectivity index (χ3n) is 5.15. The molecule has 1 aromatic carbocycles. The second-order valence-electron chi connectivity index (χ2n) is 8.36. The van der Waals surface area contributed by atoms with E-state index in [1.165, 1.54) is 4.90 Å². The second kappa shape index (κ2) is 8.92. The molecule has 0 aliphatic carbocycles. The predicted molar refractivity (Wildman–Crippen MR) is 108 cm³/mol. The fraction of sp³-hybridized carbons (Fsp3) is 0.619. The van der Waals surface area contributed by atoms with E-state index in [0.29, 0.717) is 18.0 Å². The van der Waals surface area contributed by atoms with Gasteiger partial charge in [-0.15, -0.1) is 0 Å². The molecule has 0 atom stereocenters. The zero-order valence-electron chi connectivity index (χ0n) is 17.1. The molecule has 7 heteroatoms. The Morgan fingerprint density at radius 1 is 1.21 bits per heavy atom. The largest absolute Gasteiger partial charge is 0.482 e. The molecule has 2 aliphatic heterocycles. The Morgan fingerprint density at radius 3 is 2.68 bits per heavy atom. The molecule has 7 nitrogen and oxygen atoms in total. The number of benzene rings is 1. The first kappa shape index (κ1) is 20.6. The van der Waals surface area contributed by atoms with Crippen LogP contribution in [0.4, 0.5) is 5.69 Å². The highest BCUT2D eigenvalue weighted by Gasteiger charge is 2.29. The van der Waals surface area contributed by atoms with Crippen LogP contribution in [0.5, 0.6) is 5.75 Å². The van der Waals surface area contributed by atoms with E-state index in [2.05, 4.69) is 31.0 Å². The minimum absolute atomic E-state index is 0.0142. The van der Waals surface area contributed by atoms with E-state index >= 15 is 0 Å². The molecular weight excluding hydrogens is 358 g/mol. The fourth-order valence-electron chi connectivity index (χ4n) is 3.40. The summed E-state index contributed by atoms with van der Waals surface area (Å²) < 4.78 is 10.9. The van der Waals surface area contributed by atoms with Gasteiger partial charge in [-0.05, 0) is 36.1 Å². The number of carbonyl (C=O) groups excluding carboxylic acids is 2. The van der Waals surface area contributed by atoms with E-state index in [1.807, 2.05) is 18.2 Å². The summed E-state index contributed by atoms with van der Waals surface area (Å²) in [5.74, 6) is 0.305. The Labute approximate surface area is 167 Å². The van der Waals surface area contributed by atoms with Crippen LogP contribution in [0.2, 0.25) is 0 Å². The van der Waals surface area contributed by atoms with Crippen molar-refractivity contribution in [2.75, 3.05) is 57.4 Å². The van der Waals surface area contributed by atoms with Crippen LogP contribution in [0.3, 0.4) is 0 Å². The number of rotatable bonds is 6. The molecule has 3 rings (SSSR count). The Hall–Kier alpha value is -2.12. The summed E-state index contributed by atoms with van der Waals surface area (Å²) in [5, 5.41) is 2.93. The zero-order chi connectivity index (χ0) is 20.1. The molecule has 1 aromatic rings. The monoisotopic (exact) mass is 389 g/mol. The maximum atomic E-state index is 12.4. The van der Waals surface area contributed by atoms with Crippen molar-refractivity contribution in [3.05, 3.63) is 23.8 Å². The van der Waals surface area contributed by atoms with Crippen LogP contribution in [0.25, 0.3) is 0 Å².